The minimum atomic E-state index is -0.485. The van der Waals surface area contributed by atoms with Gasteiger partial charge in [0.25, 0.3) is 0 Å². The van der Waals surface area contributed by atoms with E-state index >= 15 is 0 Å². The van der Waals surface area contributed by atoms with E-state index in [1.165, 1.54) is 0 Å². The molecule has 29 heavy (non-hydrogen) atoms. The van der Waals surface area contributed by atoms with Gasteiger partial charge in [-0.15, -0.1) is 11.8 Å². The van der Waals surface area contributed by atoms with E-state index in [-0.39, 0.29) is 30.7 Å². The molecule has 8 heteroatoms. The maximum atomic E-state index is 12.5. The number of amides is 3. The van der Waals surface area contributed by atoms with Crippen molar-refractivity contribution < 1.29 is 14.4 Å². The van der Waals surface area contributed by atoms with Gasteiger partial charge in [-0.1, -0.05) is 23.7 Å². The van der Waals surface area contributed by atoms with Crippen molar-refractivity contribution in [3.63, 3.8) is 0 Å². The first-order chi connectivity index (χ1) is 13.9. The van der Waals surface area contributed by atoms with Crippen LogP contribution in [0.5, 0.6) is 0 Å². The third-order valence-electron chi connectivity index (χ3n) is 4.83. The van der Waals surface area contributed by atoms with Crippen LogP contribution in [0.4, 0.5) is 11.4 Å². The summed E-state index contributed by atoms with van der Waals surface area (Å²) in [5.74, 6) is -1.24. The number of nitrogens with one attached hydrogen (secondary N) is 2. The highest BCUT2D eigenvalue weighted by Crippen LogP contribution is 2.28. The van der Waals surface area contributed by atoms with E-state index in [4.69, 9.17) is 11.6 Å². The maximum Gasteiger partial charge on any atom is 0.243 e. The van der Waals surface area contributed by atoms with Crippen LogP contribution < -0.4 is 15.5 Å². The van der Waals surface area contributed by atoms with E-state index in [2.05, 4.69) is 10.6 Å². The van der Waals surface area contributed by atoms with Crippen LogP contribution in [-0.2, 0) is 14.4 Å². The zero-order valence-electron chi connectivity index (χ0n) is 16.2. The summed E-state index contributed by atoms with van der Waals surface area (Å²) in [5.41, 5.74) is 2.15. The molecule has 0 aliphatic carbocycles. The number of benzene rings is 2. The van der Waals surface area contributed by atoms with Gasteiger partial charge in [0.05, 0.1) is 12.5 Å². The first-order valence-electron chi connectivity index (χ1n) is 9.16. The van der Waals surface area contributed by atoms with Crippen molar-refractivity contribution in [2.24, 2.45) is 5.92 Å². The molecule has 2 aromatic carbocycles. The number of thioether (sulfide) groups is 1. The molecule has 0 bridgehead atoms. The third kappa shape index (κ3) is 5.10. The molecular weight excluding hydrogens is 410 g/mol. The van der Waals surface area contributed by atoms with Crippen molar-refractivity contribution in [3.8, 4) is 0 Å². The fourth-order valence-corrected chi connectivity index (χ4v) is 3.79. The lowest BCUT2D eigenvalue weighted by Crippen LogP contribution is -2.38. The van der Waals surface area contributed by atoms with Crippen LogP contribution in [0, 0.1) is 12.8 Å². The van der Waals surface area contributed by atoms with Crippen LogP contribution >= 0.6 is 23.4 Å². The second-order valence-electron chi connectivity index (χ2n) is 6.79. The van der Waals surface area contributed by atoms with E-state index in [0.29, 0.717) is 17.3 Å². The van der Waals surface area contributed by atoms with E-state index < -0.39 is 5.92 Å². The third-order valence-corrected chi connectivity index (χ3v) is 5.96. The van der Waals surface area contributed by atoms with Crippen molar-refractivity contribution in [1.29, 1.82) is 0 Å². The van der Waals surface area contributed by atoms with Gasteiger partial charge in [-0.2, -0.15) is 0 Å². The van der Waals surface area contributed by atoms with Gasteiger partial charge in [-0.25, -0.2) is 0 Å². The molecule has 6 nitrogen and oxygen atoms in total. The highest BCUT2D eigenvalue weighted by Gasteiger charge is 2.35. The van der Waals surface area contributed by atoms with Gasteiger partial charge in [0.2, 0.25) is 17.7 Å². The smallest absolute Gasteiger partial charge is 0.243 e. The Morgan fingerprint density at radius 2 is 2.00 bits per heavy atom. The fourth-order valence-electron chi connectivity index (χ4n) is 3.16. The predicted molar refractivity (Wildman–Crippen MR) is 117 cm³/mol. The highest BCUT2D eigenvalue weighted by atomic mass is 35.5. The number of halogens is 1. The molecule has 0 saturated carbocycles. The van der Waals surface area contributed by atoms with E-state index in [1.807, 2.05) is 30.5 Å². The van der Waals surface area contributed by atoms with Crippen LogP contribution in [-0.4, -0.2) is 37.1 Å². The SMILES string of the molecule is CSc1cccc(N2CC(C(=O)NCC(=O)Nc3cccc(Cl)c3C)CC2=O)c1. The van der Waals surface area contributed by atoms with Gasteiger partial charge >= 0.3 is 0 Å². The van der Waals surface area contributed by atoms with Gasteiger partial charge in [-0.05, 0) is 49.1 Å². The molecule has 3 amide bonds. The Balaban J connectivity index is 1.55. The van der Waals surface area contributed by atoms with Crippen LogP contribution in [0.1, 0.15) is 12.0 Å². The molecule has 0 radical (unpaired) electrons. The average molecular weight is 432 g/mol. The number of anilines is 2. The molecule has 3 rings (SSSR count). The summed E-state index contributed by atoms with van der Waals surface area (Å²) in [6, 6.07) is 12.9. The standard InChI is InChI=1S/C21H22ClN3O3S/c1-13-17(22)7-4-8-18(13)24-19(26)11-23-21(28)14-9-20(27)25(12-14)15-5-3-6-16(10-15)29-2/h3-8,10,14H,9,11-12H2,1-2H3,(H,23,28)(H,24,26). The Hall–Kier alpha value is -2.51. The van der Waals surface area contributed by atoms with Crippen LogP contribution in [0.3, 0.4) is 0 Å². The van der Waals surface area contributed by atoms with Crippen LogP contribution in [0.2, 0.25) is 5.02 Å². The first kappa shape index (κ1) is 21.2. The molecule has 1 aliphatic rings. The monoisotopic (exact) mass is 431 g/mol. The molecule has 1 fully saturated rings. The molecule has 1 heterocycles. The Labute approximate surface area is 179 Å². The summed E-state index contributed by atoms with van der Waals surface area (Å²) in [5, 5.41) is 5.92. The van der Waals surface area contributed by atoms with Crippen LogP contribution in [0.15, 0.2) is 47.4 Å². The van der Waals surface area contributed by atoms with Crippen LogP contribution in [0.25, 0.3) is 0 Å². The lowest BCUT2D eigenvalue weighted by Gasteiger charge is -2.17. The topological polar surface area (TPSA) is 78.5 Å². The molecule has 1 unspecified atom stereocenters. The molecule has 2 aromatic rings. The van der Waals surface area contributed by atoms with Gasteiger partial charge < -0.3 is 15.5 Å². The lowest BCUT2D eigenvalue weighted by molar-refractivity contribution is -0.127. The second kappa shape index (κ2) is 9.33. The molecule has 2 N–H and O–H groups in total. The molecule has 1 saturated heterocycles. The number of carbonyl (C=O) groups is 3. The van der Waals surface area contributed by atoms with Crippen molar-refractivity contribution >= 4 is 52.5 Å². The number of rotatable bonds is 6. The molecule has 1 atom stereocenters. The molecule has 0 aromatic heterocycles. The quantitative estimate of drug-likeness (QED) is 0.686. The van der Waals surface area contributed by atoms with Crippen molar-refractivity contribution in [3.05, 3.63) is 53.1 Å². The zero-order valence-corrected chi connectivity index (χ0v) is 17.8. The second-order valence-corrected chi connectivity index (χ2v) is 8.07. The summed E-state index contributed by atoms with van der Waals surface area (Å²) in [4.78, 5) is 39.7. The van der Waals surface area contributed by atoms with Crippen molar-refractivity contribution in [2.75, 3.05) is 29.6 Å². The summed E-state index contributed by atoms with van der Waals surface area (Å²) in [6.07, 6.45) is 2.10. The molecule has 152 valence electrons. The lowest BCUT2D eigenvalue weighted by atomic mass is 10.1. The Bertz CT molecular complexity index is 951. The fraction of sp³-hybridized carbons (Fsp3) is 0.286. The van der Waals surface area contributed by atoms with Gasteiger partial charge in [0, 0.05) is 34.3 Å². The predicted octanol–water partition coefficient (Wildman–Crippen LogP) is 3.48. The normalized spacial score (nSPS) is 16.0. The maximum absolute atomic E-state index is 12.5. The number of carbonyl (C=O) groups excluding carboxylic acids is 3. The van der Waals surface area contributed by atoms with Crippen molar-refractivity contribution in [2.45, 2.75) is 18.2 Å². The molecular formula is C21H22ClN3O3S. The van der Waals surface area contributed by atoms with Crippen molar-refractivity contribution in [1.82, 2.24) is 5.32 Å². The summed E-state index contributed by atoms with van der Waals surface area (Å²) in [7, 11) is 0. The molecule has 1 aliphatic heterocycles. The van der Waals surface area contributed by atoms with Gasteiger partial charge in [0.15, 0.2) is 0 Å². The van der Waals surface area contributed by atoms with E-state index in [9.17, 15) is 14.4 Å². The van der Waals surface area contributed by atoms with E-state index in [1.54, 1.807) is 41.8 Å². The Morgan fingerprint density at radius 3 is 2.76 bits per heavy atom. The van der Waals surface area contributed by atoms with Gasteiger partial charge in [0.1, 0.15) is 0 Å². The average Bonchev–Trinajstić information content (AvgIpc) is 3.11. The highest BCUT2D eigenvalue weighted by molar-refractivity contribution is 7.98. The number of hydrogen-bond acceptors (Lipinski definition) is 4. The number of nitrogens with zero attached hydrogens (tertiary/aromatic N) is 1. The Morgan fingerprint density at radius 1 is 1.24 bits per heavy atom. The molecule has 0 spiro atoms. The summed E-state index contributed by atoms with van der Waals surface area (Å²) in [6.45, 7) is 1.94. The van der Waals surface area contributed by atoms with Gasteiger partial charge in [-0.3, -0.25) is 14.4 Å². The summed E-state index contributed by atoms with van der Waals surface area (Å²) >= 11 is 7.64. The first-order valence-corrected chi connectivity index (χ1v) is 10.8. The Kier molecular flexibility index (Phi) is 6.82. The minimum absolute atomic E-state index is 0.0950. The van der Waals surface area contributed by atoms with E-state index in [0.717, 1.165) is 16.1 Å². The zero-order chi connectivity index (χ0) is 21.0. The largest absolute Gasteiger partial charge is 0.347 e. The minimum Gasteiger partial charge on any atom is -0.347 e. The summed E-state index contributed by atoms with van der Waals surface area (Å²) < 4.78 is 0. The number of hydrogen-bond donors (Lipinski definition) is 2.